The number of hydrogen-bond acceptors (Lipinski definition) is 4. The van der Waals surface area contributed by atoms with Gasteiger partial charge in [-0.05, 0) is 18.2 Å². The smallest absolute Gasteiger partial charge is 0.326 e. The fourth-order valence-corrected chi connectivity index (χ4v) is 3.99. The van der Waals surface area contributed by atoms with Crippen molar-refractivity contribution in [3.63, 3.8) is 0 Å². The van der Waals surface area contributed by atoms with E-state index < -0.39 is 21.0 Å². The molecule has 3 aromatic rings. The molecule has 28 heavy (non-hydrogen) atoms. The van der Waals surface area contributed by atoms with Gasteiger partial charge in [0, 0.05) is 13.2 Å². The number of imidazole rings is 2. The van der Waals surface area contributed by atoms with Gasteiger partial charge < -0.3 is 4.57 Å². The summed E-state index contributed by atoms with van der Waals surface area (Å²) < 4.78 is 66.1. The number of rotatable bonds is 4. The average Bonchev–Trinajstić information content (AvgIpc) is 3.14. The molecule has 0 aromatic carbocycles. The second-order valence-corrected chi connectivity index (χ2v) is 8.84. The molecule has 0 N–H and O–H groups in total. The fraction of sp³-hybridized carbons (Fsp3) is 0.250. The number of alkyl halides is 3. The number of fused-ring (bicyclic) bond motifs is 1. The Morgan fingerprint density at radius 1 is 1.32 bits per heavy atom. The molecular weight excluding hydrogens is 440 g/mol. The predicted molar refractivity (Wildman–Crippen MR) is 100 cm³/mol. The lowest BCUT2D eigenvalue weighted by atomic mass is 10.4. The standard InChI is InChI=1S/C16H13Cl2F3N4O2S/c1-3-28(26,27)15-13(23-12-5-4-9(17)8-25(12)15)14-22-7-10(24(14)2)6-11(18)16(19,20)21/h4-8H,3H2,1-2H3. The lowest BCUT2D eigenvalue weighted by Crippen LogP contribution is -2.10. The summed E-state index contributed by atoms with van der Waals surface area (Å²) in [7, 11) is -2.33. The summed E-state index contributed by atoms with van der Waals surface area (Å²) in [4.78, 5) is 8.37. The van der Waals surface area contributed by atoms with Crippen molar-refractivity contribution < 1.29 is 21.6 Å². The first-order chi connectivity index (χ1) is 13.0. The van der Waals surface area contributed by atoms with Crippen LogP contribution < -0.4 is 0 Å². The van der Waals surface area contributed by atoms with Crippen LogP contribution in [0.4, 0.5) is 13.2 Å². The molecule has 3 aromatic heterocycles. The minimum absolute atomic E-state index is 0.00870. The Bertz CT molecular complexity index is 1200. The molecule has 0 saturated carbocycles. The molecule has 0 aliphatic heterocycles. The third-order valence-corrected chi connectivity index (χ3v) is 6.28. The highest BCUT2D eigenvalue weighted by atomic mass is 35.5. The highest BCUT2D eigenvalue weighted by Gasteiger charge is 2.33. The Balaban J connectivity index is 2.27. The van der Waals surface area contributed by atoms with Crippen LogP contribution in [0.1, 0.15) is 12.6 Å². The molecule has 0 fully saturated rings. The first-order valence-electron chi connectivity index (χ1n) is 7.82. The van der Waals surface area contributed by atoms with Gasteiger partial charge in [0.1, 0.15) is 16.4 Å². The van der Waals surface area contributed by atoms with Crippen LogP contribution in [0.25, 0.3) is 23.2 Å². The Kier molecular flexibility index (Phi) is 5.24. The van der Waals surface area contributed by atoms with E-state index in [1.54, 1.807) is 6.07 Å². The number of allylic oxidation sites excluding steroid dienone is 1. The molecule has 0 aliphatic carbocycles. The largest absolute Gasteiger partial charge is 0.427 e. The quantitative estimate of drug-likeness (QED) is 0.590. The Morgan fingerprint density at radius 2 is 2.00 bits per heavy atom. The van der Waals surface area contributed by atoms with E-state index in [9.17, 15) is 21.6 Å². The number of hydrogen-bond donors (Lipinski definition) is 0. The zero-order valence-electron chi connectivity index (χ0n) is 14.5. The van der Waals surface area contributed by atoms with Crippen LogP contribution in [0.3, 0.4) is 0 Å². The van der Waals surface area contributed by atoms with Crippen LogP contribution in [0.5, 0.6) is 0 Å². The van der Waals surface area contributed by atoms with E-state index in [1.807, 2.05) is 0 Å². The van der Waals surface area contributed by atoms with Gasteiger partial charge in [0.25, 0.3) is 0 Å². The van der Waals surface area contributed by atoms with E-state index in [-0.39, 0.29) is 28.0 Å². The molecule has 3 rings (SSSR count). The molecule has 0 atom stereocenters. The maximum absolute atomic E-state index is 12.7. The maximum Gasteiger partial charge on any atom is 0.427 e. The third-order valence-electron chi connectivity index (χ3n) is 3.99. The van der Waals surface area contributed by atoms with Gasteiger partial charge in [-0.3, -0.25) is 4.40 Å². The SMILES string of the molecule is CCS(=O)(=O)c1c(-c2ncc(C=C(Cl)C(F)(F)F)n2C)nc2ccc(Cl)cn12. The van der Waals surface area contributed by atoms with E-state index in [2.05, 4.69) is 9.97 Å². The number of sulfone groups is 1. The number of pyridine rings is 1. The van der Waals surface area contributed by atoms with Gasteiger partial charge >= 0.3 is 6.18 Å². The molecule has 0 aliphatic rings. The monoisotopic (exact) mass is 452 g/mol. The summed E-state index contributed by atoms with van der Waals surface area (Å²) in [5.74, 6) is -0.137. The molecule has 0 radical (unpaired) electrons. The molecule has 0 saturated heterocycles. The molecule has 0 unspecified atom stereocenters. The Labute approximate surface area is 168 Å². The first-order valence-corrected chi connectivity index (χ1v) is 10.2. The van der Waals surface area contributed by atoms with Crippen molar-refractivity contribution in [2.24, 2.45) is 7.05 Å². The highest BCUT2D eigenvalue weighted by molar-refractivity contribution is 7.91. The van der Waals surface area contributed by atoms with Crippen molar-refractivity contribution in [1.29, 1.82) is 0 Å². The van der Waals surface area contributed by atoms with Crippen LogP contribution in [-0.4, -0.2) is 39.3 Å². The molecule has 6 nitrogen and oxygen atoms in total. The molecule has 3 heterocycles. The summed E-state index contributed by atoms with van der Waals surface area (Å²) in [5.41, 5.74) is 0.349. The average molecular weight is 453 g/mol. The molecule has 0 amide bonds. The molecule has 12 heteroatoms. The summed E-state index contributed by atoms with van der Waals surface area (Å²) in [6, 6.07) is 3.08. The van der Waals surface area contributed by atoms with Gasteiger partial charge in [0.15, 0.2) is 20.7 Å². The minimum Gasteiger partial charge on any atom is -0.326 e. The minimum atomic E-state index is -4.71. The van der Waals surface area contributed by atoms with Crippen molar-refractivity contribution in [2.75, 3.05) is 5.75 Å². The van der Waals surface area contributed by atoms with Gasteiger partial charge in [-0.15, -0.1) is 0 Å². The zero-order chi connectivity index (χ0) is 20.9. The summed E-state index contributed by atoms with van der Waals surface area (Å²) in [6.45, 7) is 1.47. The van der Waals surface area contributed by atoms with Crippen LogP contribution in [0.15, 0.2) is 34.6 Å². The first kappa shape index (κ1) is 20.7. The summed E-state index contributed by atoms with van der Waals surface area (Å²) >= 11 is 11.3. The highest BCUT2D eigenvalue weighted by Crippen LogP contribution is 2.33. The van der Waals surface area contributed by atoms with Crippen LogP contribution >= 0.6 is 23.2 Å². The van der Waals surface area contributed by atoms with E-state index in [4.69, 9.17) is 23.2 Å². The number of halogens is 5. The van der Waals surface area contributed by atoms with Crippen LogP contribution in [0, 0.1) is 0 Å². The molecule has 0 bridgehead atoms. The van der Waals surface area contributed by atoms with Crippen LogP contribution in [0.2, 0.25) is 5.02 Å². The van der Waals surface area contributed by atoms with Gasteiger partial charge in [-0.25, -0.2) is 18.4 Å². The zero-order valence-corrected chi connectivity index (χ0v) is 16.8. The van der Waals surface area contributed by atoms with E-state index in [1.165, 1.54) is 35.2 Å². The fourth-order valence-electron chi connectivity index (χ4n) is 2.57. The number of nitrogens with zero attached hydrogens (tertiary/aromatic N) is 4. The second kappa shape index (κ2) is 7.09. The number of aromatic nitrogens is 4. The lowest BCUT2D eigenvalue weighted by molar-refractivity contribution is -0.0836. The van der Waals surface area contributed by atoms with Gasteiger partial charge in [0.2, 0.25) is 0 Å². The Hall–Kier alpha value is -2.04. The van der Waals surface area contributed by atoms with Crippen molar-refractivity contribution in [3.05, 3.63) is 40.3 Å². The normalized spacial score (nSPS) is 13.5. The molecule has 150 valence electrons. The third kappa shape index (κ3) is 3.63. The van der Waals surface area contributed by atoms with E-state index in [0.717, 1.165) is 6.20 Å². The maximum atomic E-state index is 12.7. The Morgan fingerprint density at radius 3 is 2.61 bits per heavy atom. The van der Waals surface area contributed by atoms with E-state index in [0.29, 0.717) is 16.7 Å². The van der Waals surface area contributed by atoms with Crippen molar-refractivity contribution >= 4 is 44.8 Å². The van der Waals surface area contributed by atoms with Gasteiger partial charge in [0.05, 0.1) is 22.7 Å². The van der Waals surface area contributed by atoms with Crippen molar-refractivity contribution in [1.82, 2.24) is 18.9 Å². The summed E-state index contributed by atoms with van der Waals surface area (Å²) in [5, 5.41) is -1.17. The lowest BCUT2D eigenvalue weighted by Gasteiger charge is -2.07. The molecular formula is C16H13Cl2F3N4O2S. The van der Waals surface area contributed by atoms with Gasteiger partial charge in [-0.1, -0.05) is 30.1 Å². The van der Waals surface area contributed by atoms with E-state index >= 15 is 0 Å². The van der Waals surface area contributed by atoms with Crippen LogP contribution in [-0.2, 0) is 16.9 Å². The second-order valence-electron chi connectivity index (χ2n) is 5.80. The van der Waals surface area contributed by atoms with Crippen molar-refractivity contribution in [3.8, 4) is 11.5 Å². The topological polar surface area (TPSA) is 69.3 Å². The van der Waals surface area contributed by atoms with Gasteiger partial charge in [-0.2, -0.15) is 13.2 Å². The van der Waals surface area contributed by atoms with Crippen molar-refractivity contribution in [2.45, 2.75) is 18.1 Å². The summed E-state index contributed by atoms with van der Waals surface area (Å²) in [6.07, 6.45) is -1.44. The predicted octanol–water partition coefficient (Wildman–Crippen LogP) is 4.32. The molecule has 0 spiro atoms.